The van der Waals surface area contributed by atoms with Gasteiger partial charge in [0.2, 0.25) is 0 Å². The predicted octanol–water partition coefficient (Wildman–Crippen LogP) is 2.52. The standard InChI is InChI=1S/C6H10O.C2H4/c1-4-5-6(2)7-3;1-2/h4-5H,2H2,1,3H3;1-2H2/b5-4-;. The number of rotatable bonds is 2. The molecule has 0 atom stereocenters. The zero-order valence-corrected chi connectivity index (χ0v) is 6.18. The van der Waals surface area contributed by atoms with Crippen LogP contribution in [0.2, 0.25) is 0 Å². The highest BCUT2D eigenvalue weighted by Gasteiger charge is 1.74. The summed E-state index contributed by atoms with van der Waals surface area (Å²) in [5, 5.41) is 0. The van der Waals surface area contributed by atoms with Gasteiger partial charge in [-0.15, -0.1) is 13.2 Å². The minimum Gasteiger partial charge on any atom is -0.497 e. The fourth-order valence-corrected chi connectivity index (χ4v) is 0.254. The van der Waals surface area contributed by atoms with Crippen LogP contribution >= 0.6 is 0 Å². The third-order valence-electron chi connectivity index (χ3n) is 0.615. The topological polar surface area (TPSA) is 9.23 Å². The maximum atomic E-state index is 4.71. The van der Waals surface area contributed by atoms with Crippen molar-refractivity contribution in [2.45, 2.75) is 6.92 Å². The van der Waals surface area contributed by atoms with Crippen molar-refractivity contribution in [1.29, 1.82) is 0 Å². The number of hydrogen-bond donors (Lipinski definition) is 0. The Morgan fingerprint density at radius 3 is 2.00 bits per heavy atom. The molecule has 0 aromatic rings. The summed E-state index contributed by atoms with van der Waals surface area (Å²) in [5.41, 5.74) is 0. The van der Waals surface area contributed by atoms with E-state index in [2.05, 4.69) is 19.7 Å². The van der Waals surface area contributed by atoms with Crippen molar-refractivity contribution < 1.29 is 4.74 Å². The Bertz CT molecular complexity index is 92.7. The van der Waals surface area contributed by atoms with Gasteiger partial charge in [0.1, 0.15) is 5.76 Å². The summed E-state index contributed by atoms with van der Waals surface area (Å²) < 4.78 is 4.71. The molecule has 0 bridgehead atoms. The Morgan fingerprint density at radius 2 is 1.89 bits per heavy atom. The van der Waals surface area contributed by atoms with Crippen molar-refractivity contribution in [3.05, 3.63) is 37.6 Å². The van der Waals surface area contributed by atoms with E-state index in [0.717, 1.165) is 0 Å². The molecule has 1 nitrogen and oxygen atoms in total. The van der Waals surface area contributed by atoms with Gasteiger partial charge in [0.15, 0.2) is 0 Å². The Labute approximate surface area is 57.3 Å². The van der Waals surface area contributed by atoms with Crippen LogP contribution in [-0.2, 0) is 4.74 Å². The van der Waals surface area contributed by atoms with Crippen molar-refractivity contribution in [2.75, 3.05) is 7.11 Å². The van der Waals surface area contributed by atoms with Gasteiger partial charge in [-0.1, -0.05) is 12.7 Å². The van der Waals surface area contributed by atoms with Gasteiger partial charge in [-0.2, -0.15) is 0 Å². The van der Waals surface area contributed by atoms with Crippen LogP contribution < -0.4 is 0 Å². The van der Waals surface area contributed by atoms with E-state index in [1.165, 1.54) is 0 Å². The average molecular weight is 126 g/mol. The first-order valence-corrected chi connectivity index (χ1v) is 2.67. The summed E-state index contributed by atoms with van der Waals surface area (Å²) in [4.78, 5) is 0. The van der Waals surface area contributed by atoms with E-state index in [1.807, 2.05) is 13.0 Å². The van der Waals surface area contributed by atoms with Gasteiger partial charge < -0.3 is 4.74 Å². The molecule has 0 heterocycles. The van der Waals surface area contributed by atoms with E-state index in [9.17, 15) is 0 Å². The zero-order valence-electron chi connectivity index (χ0n) is 6.18. The first kappa shape index (κ1) is 10.9. The molecule has 0 aliphatic heterocycles. The first-order valence-electron chi connectivity index (χ1n) is 2.67. The highest BCUT2D eigenvalue weighted by atomic mass is 16.5. The number of hydrogen-bond acceptors (Lipinski definition) is 1. The molecule has 9 heavy (non-hydrogen) atoms. The van der Waals surface area contributed by atoms with Crippen LogP contribution in [-0.4, -0.2) is 7.11 Å². The fourth-order valence-electron chi connectivity index (χ4n) is 0.254. The smallest absolute Gasteiger partial charge is 0.111 e. The van der Waals surface area contributed by atoms with Crippen LogP contribution in [0.15, 0.2) is 37.6 Å². The minimum atomic E-state index is 0.697. The van der Waals surface area contributed by atoms with Gasteiger partial charge in [0.05, 0.1) is 7.11 Å². The van der Waals surface area contributed by atoms with Crippen LogP contribution in [0.4, 0.5) is 0 Å². The largest absolute Gasteiger partial charge is 0.497 e. The maximum absolute atomic E-state index is 4.71. The molecule has 0 aliphatic carbocycles. The molecule has 0 rings (SSSR count). The molecule has 0 fully saturated rings. The van der Waals surface area contributed by atoms with Crippen LogP contribution in [0.3, 0.4) is 0 Å². The molecule has 0 aromatic heterocycles. The van der Waals surface area contributed by atoms with Gasteiger partial charge in [-0.3, -0.25) is 0 Å². The molecule has 0 saturated carbocycles. The normalized spacial score (nSPS) is 7.78. The Balaban J connectivity index is 0. The molecule has 0 spiro atoms. The van der Waals surface area contributed by atoms with Gasteiger partial charge in [0, 0.05) is 0 Å². The van der Waals surface area contributed by atoms with E-state index < -0.39 is 0 Å². The van der Waals surface area contributed by atoms with Crippen molar-refractivity contribution >= 4 is 0 Å². The SMILES string of the molecule is C=C.C=C(/C=C\C)OC. The highest BCUT2D eigenvalue weighted by Crippen LogP contribution is 1.89. The number of methoxy groups -OCH3 is 1. The third kappa shape index (κ3) is 10.9. The summed E-state index contributed by atoms with van der Waals surface area (Å²) in [7, 11) is 1.60. The second kappa shape index (κ2) is 10.1. The summed E-state index contributed by atoms with van der Waals surface area (Å²) in [5.74, 6) is 0.697. The van der Waals surface area contributed by atoms with Crippen LogP contribution in [0.1, 0.15) is 6.92 Å². The lowest BCUT2D eigenvalue weighted by atomic mass is 10.5. The molecule has 1 heteroatoms. The van der Waals surface area contributed by atoms with Gasteiger partial charge in [0.25, 0.3) is 0 Å². The number of allylic oxidation sites excluding steroid dienone is 2. The first-order chi connectivity index (χ1) is 4.31. The lowest BCUT2D eigenvalue weighted by Crippen LogP contribution is -1.74. The van der Waals surface area contributed by atoms with Crippen LogP contribution in [0.5, 0.6) is 0 Å². The monoisotopic (exact) mass is 126 g/mol. The number of ether oxygens (including phenoxy) is 1. The summed E-state index contributed by atoms with van der Waals surface area (Å²) in [6, 6.07) is 0. The maximum Gasteiger partial charge on any atom is 0.111 e. The lowest BCUT2D eigenvalue weighted by molar-refractivity contribution is 0.309. The molecule has 0 aliphatic rings. The van der Waals surface area contributed by atoms with Gasteiger partial charge in [-0.05, 0) is 13.0 Å². The second-order valence-corrected chi connectivity index (χ2v) is 1.17. The van der Waals surface area contributed by atoms with Crippen molar-refractivity contribution in [1.82, 2.24) is 0 Å². The molecular weight excluding hydrogens is 112 g/mol. The van der Waals surface area contributed by atoms with Crippen molar-refractivity contribution in [3.63, 3.8) is 0 Å². The third-order valence-corrected chi connectivity index (χ3v) is 0.615. The minimum absolute atomic E-state index is 0.697. The van der Waals surface area contributed by atoms with Gasteiger partial charge >= 0.3 is 0 Å². The molecule has 0 radical (unpaired) electrons. The molecular formula is C8H14O. The molecule has 0 saturated heterocycles. The Hall–Kier alpha value is -0.980. The highest BCUT2D eigenvalue weighted by molar-refractivity contribution is 5.04. The molecule has 0 aromatic carbocycles. The molecule has 0 N–H and O–H groups in total. The summed E-state index contributed by atoms with van der Waals surface area (Å²) >= 11 is 0. The Kier molecular flexibility index (Phi) is 12.2. The zero-order chi connectivity index (χ0) is 7.70. The van der Waals surface area contributed by atoms with Gasteiger partial charge in [-0.25, -0.2) is 0 Å². The van der Waals surface area contributed by atoms with Crippen LogP contribution in [0, 0.1) is 0 Å². The predicted molar refractivity (Wildman–Crippen MR) is 42.2 cm³/mol. The molecule has 52 valence electrons. The van der Waals surface area contributed by atoms with E-state index in [-0.39, 0.29) is 0 Å². The Morgan fingerprint density at radius 1 is 1.44 bits per heavy atom. The summed E-state index contributed by atoms with van der Waals surface area (Å²) in [6.07, 6.45) is 3.69. The van der Waals surface area contributed by atoms with Crippen molar-refractivity contribution in [3.8, 4) is 0 Å². The van der Waals surface area contributed by atoms with Crippen LogP contribution in [0.25, 0.3) is 0 Å². The summed E-state index contributed by atoms with van der Waals surface area (Å²) in [6.45, 7) is 11.5. The second-order valence-electron chi connectivity index (χ2n) is 1.17. The quantitative estimate of drug-likeness (QED) is 0.314. The fraction of sp³-hybridized carbons (Fsp3) is 0.250. The molecule has 0 unspecified atom stereocenters. The van der Waals surface area contributed by atoms with E-state index in [1.54, 1.807) is 13.2 Å². The van der Waals surface area contributed by atoms with E-state index in [4.69, 9.17) is 4.74 Å². The molecule has 0 amide bonds. The lowest BCUT2D eigenvalue weighted by Gasteiger charge is -1.91. The van der Waals surface area contributed by atoms with E-state index in [0.29, 0.717) is 5.76 Å². The van der Waals surface area contributed by atoms with E-state index >= 15 is 0 Å². The van der Waals surface area contributed by atoms with Crippen molar-refractivity contribution in [2.24, 2.45) is 0 Å². The average Bonchev–Trinajstić information content (AvgIpc) is 1.93.